The van der Waals surface area contributed by atoms with Gasteiger partial charge in [-0.3, -0.25) is 9.29 Å². The van der Waals surface area contributed by atoms with Gasteiger partial charge in [0.1, 0.15) is 22.6 Å². The molecule has 2 heterocycles. The lowest BCUT2D eigenvalue weighted by Crippen LogP contribution is -2.27. The summed E-state index contributed by atoms with van der Waals surface area (Å²) in [6.45, 7) is 1.68. The molecule has 28 heavy (non-hydrogen) atoms. The second kappa shape index (κ2) is 8.46. The largest absolute Gasteiger partial charge is 0.415 e. The molecular weight excluding hydrogens is 400 g/mol. The quantitative estimate of drug-likeness (QED) is 0.546. The van der Waals surface area contributed by atoms with E-state index >= 15 is 0 Å². The van der Waals surface area contributed by atoms with E-state index in [1.54, 1.807) is 6.92 Å². The molecule has 0 aliphatic rings. The number of benzene rings is 1. The molecule has 0 saturated carbocycles. The molecule has 0 N–H and O–H groups in total. The van der Waals surface area contributed by atoms with Gasteiger partial charge < -0.3 is 4.42 Å². The van der Waals surface area contributed by atoms with Crippen molar-refractivity contribution in [1.82, 2.24) is 15.2 Å². The minimum atomic E-state index is -2.88. The van der Waals surface area contributed by atoms with Crippen molar-refractivity contribution < 1.29 is 26.2 Å². The zero-order chi connectivity index (χ0) is 20.3. The van der Waals surface area contributed by atoms with Crippen LogP contribution in [0.4, 0.5) is 23.2 Å². The normalized spacial score (nSPS) is 12.4. The fourth-order valence-corrected chi connectivity index (χ4v) is 3.28. The van der Waals surface area contributed by atoms with Gasteiger partial charge in [-0.15, -0.1) is 10.2 Å². The molecule has 1 aromatic carbocycles. The molecule has 0 aliphatic carbocycles. The van der Waals surface area contributed by atoms with Crippen LogP contribution in [0.2, 0.25) is 0 Å². The van der Waals surface area contributed by atoms with Crippen molar-refractivity contribution in [3.8, 4) is 11.5 Å². The number of alkyl halides is 2. The first-order chi connectivity index (χ1) is 13.4. The van der Waals surface area contributed by atoms with Crippen LogP contribution in [0.5, 0.6) is 0 Å². The highest BCUT2D eigenvalue weighted by molar-refractivity contribution is 7.86. The molecule has 1 atom stereocenters. The third kappa shape index (κ3) is 4.53. The van der Waals surface area contributed by atoms with E-state index in [4.69, 9.17) is 4.42 Å². The van der Waals surface area contributed by atoms with Crippen LogP contribution < -0.4 is 4.31 Å². The van der Waals surface area contributed by atoms with Crippen LogP contribution in [-0.4, -0.2) is 25.1 Å². The SMILES string of the molecule is CCS(=O)N(Cc1ccc(-c2nnc(C(F)F)o2)cn1)c1cc(F)cc(F)c1. The zero-order valence-electron chi connectivity index (χ0n) is 14.5. The molecule has 0 radical (unpaired) electrons. The molecule has 0 saturated heterocycles. The lowest BCUT2D eigenvalue weighted by atomic mass is 10.2. The topological polar surface area (TPSA) is 72.1 Å². The third-order valence-electron chi connectivity index (χ3n) is 3.63. The summed E-state index contributed by atoms with van der Waals surface area (Å²) >= 11 is 0. The number of halogens is 4. The Kier molecular flexibility index (Phi) is 6.02. The van der Waals surface area contributed by atoms with Crippen molar-refractivity contribution in [1.29, 1.82) is 0 Å². The fraction of sp³-hybridized carbons (Fsp3) is 0.235. The lowest BCUT2D eigenvalue weighted by molar-refractivity contribution is 0.116. The van der Waals surface area contributed by atoms with E-state index in [0.29, 0.717) is 11.3 Å². The minimum Gasteiger partial charge on any atom is -0.415 e. The van der Waals surface area contributed by atoms with Gasteiger partial charge in [0.05, 0.1) is 23.5 Å². The molecule has 0 bridgehead atoms. The zero-order valence-corrected chi connectivity index (χ0v) is 15.3. The van der Waals surface area contributed by atoms with Crippen LogP contribution in [-0.2, 0) is 17.5 Å². The van der Waals surface area contributed by atoms with E-state index in [-0.39, 0.29) is 23.9 Å². The molecule has 148 valence electrons. The first-order valence-corrected chi connectivity index (χ1v) is 9.34. The summed E-state index contributed by atoms with van der Waals surface area (Å²) in [4.78, 5) is 4.16. The van der Waals surface area contributed by atoms with Crippen LogP contribution >= 0.6 is 0 Å². The number of hydrogen-bond donors (Lipinski definition) is 0. The highest BCUT2D eigenvalue weighted by Crippen LogP contribution is 2.24. The number of nitrogens with zero attached hydrogens (tertiary/aromatic N) is 4. The van der Waals surface area contributed by atoms with Crippen LogP contribution in [0.25, 0.3) is 11.5 Å². The second-order valence-electron chi connectivity index (χ2n) is 5.56. The van der Waals surface area contributed by atoms with Crippen molar-refractivity contribution >= 4 is 16.7 Å². The molecular formula is C17H14F4N4O2S. The van der Waals surface area contributed by atoms with E-state index < -0.39 is 34.9 Å². The predicted molar refractivity (Wildman–Crippen MR) is 93.7 cm³/mol. The Balaban J connectivity index is 1.84. The van der Waals surface area contributed by atoms with E-state index in [0.717, 1.165) is 18.2 Å². The summed E-state index contributed by atoms with van der Waals surface area (Å²) in [7, 11) is -1.54. The standard InChI is InChI=1S/C17H14F4N4O2S/c1-2-28(26)25(14-6-11(18)5-12(19)7-14)9-13-4-3-10(8-22-13)16-23-24-17(27-16)15(20)21/h3-8,15H,2,9H2,1H3. The molecule has 3 aromatic rings. The summed E-state index contributed by atoms with van der Waals surface area (Å²) in [5.41, 5.74) is 0.869. The average molecular weight is 414 g/mol. The summed E-state index contributed by atoms with van der Waals surface area (Å²) < 4.78 is 70.7. The number of aromatic nitrogens is 3. The maximum Gasteiger partial charge on any atom is 0.314 e. The summed E-state index contributed by atoms with van der Waals surface area (Å²) in [5.74, 6) is -2.26. The summed E-state index contributed by atoms with van der Waals surface area (Å²) in [6, 6.07) is 5.94. The Morgan fingerprint density at radius 3 is 2.39 bits per heavy atom. The smallest absolute Gasteiger partial charge is 0.314 e. The highest BCUT2D eigenvalue weighted by Gasteiger charge is 2.19. The second-order valence-corrected chi connectivity index (χ2v) is 7.22. The van der Waals surface area contributed by atoms with Gasteiger partial charge in [-0.05, 0) is 24.3 Å². The first-order valence-electron chi connectivity index (χ1n) is 8.06. The highest BCUT2D eigenvalue weighted by atomic mass is 32.2. The molecule has 2 aromatic heterocycles. The molecule has 11 heteroatoms. The van der Waals surface area contributed by atoms with Crippen LogP contribution in [0, 0.1) is 11.6 Å². The van der Waals surface area contributed by atoms with Gasteiger partial charge in [-0.1, -0.05) is 6.92 Å². The number of anilines is 1. The number of pyridine rings is 1. The van der Waals surface area contributed by atoms with Crippen LogP contribution in [0.1, 0.15) is 24.9 Å². The Morgan fingerprint density at radius 1 is 1.14 bits per heavy atom. The Hall–Kier alpha value is -2.82. The van der Waals surface area contributed by atoms with Gasteiger partial charge in [0.2, 0.25) is 5.89 Å². The van der Waals surface area contributed by atoms with Crippen molar-refractivity contribution in [2.75, 3.05) is 10.1 Å². The lowest BCUT2D eigenvalue weighted by Gasteiger charge is -2.22. The van der Waals surface area contributed by atoms with Crippen LogP contribution in [0.15, 0.2) is 40.9 Å². The van der Waals surface area contributed by atoms with Gasteiger partial charge in [-0.2, -0.15) is 8.78 Å². The maximum absolute atomic E-state index is 13.5. The molecule has 0 aliphatic heterocycles. The van der Waals surface area contributed by atoms with Crippen molar-refractivity contribution in [3.05, 3.63) is 59.7 Å². The van der Waals surface area contributed by atoms with E-state index in [1.165, 1.54) is 22.6 Å². The number of rotatable bonds is 7. The molecule has 0 amide bonds. The fourth-order valence-electron chi connectivity index (χ4n) is 2.35. The van der Waals surface area contributed by atoms with E-state index in [9.17, 15) is 21.8 Å². The van der Waals surface area contributed by atoms with Gasteiger partial charge in [0.25, 0.3) is 5.89 Å². The predicted octanol–water partition coefficient (Wildman–Crippen LogP) is 4.04. The van der Waals surface area contributed by atoms with Crippen molar-refractivity contribution in [2.45, 2.75) is 19.9 Å². The van der Waals surface area contributed by atoms with Gasteiger partial charge in [0, 0.05) is 18.0 Å². The van der Waals surface area contributed by atoms with Crippen molar-refractivity contribution in [3.63, 3.8) is 0 Å². The van der Waals surface area contributed by atoms with Gasteiger partial charge >= 0.3 is 6.43 Å². The van der Waals surface area contributed by atoms with E-state index in [1.807, 2.05) is 0 Å². The Labute approximate surface area is 159 Å². The molecule has 0 fully saturated rings. The molecule has 6 nitrogen and oxygen atoms in total. The third-order valence-corrected chi connectivity index (χ3v) is 4.96. The average Bonchev–Trinajstić information content (AvgIpc) is 3.15. The van der Waals surface area contributed by atoms with Gasteiger partial charge in [0.15, 0.2) is 0 Å². The summed E-state index contributed by atoms with van der Waals surface area (Å²) in [6.07, 6.45) is -1.55. The monoisotopic (exact) mass is 414 g/mol. The van der Waals surface area contributed by atoms with Gasteiger partial charge in [-0.25, -0.2) is 13.0 Å². The van der Waals surface area contributed by atoms with E-state index in [2.05, 4.69) is 15.2 Å². The summed E-state index contributed by atoms with van der Waals surface area (Å²) in [5, 5.41) is 6.77. The number of hydrogen-bond acceptors (Lipinski definition) is 5. The molecule has 1 unspecified atom stereocenters. The maximum atomic E-state index is 13.5. The van der Waals surface area contributed by atoms with Crippen molar-refractivity contribution in [2.24, 2.45) is 0 Å². The first kappa shape index (κ1) is 19.9. The minimum absolute atomic E-state index is 0.00966. The Morgan fingerprint density at radius 2 is 1.86 bits per heavy atom. The Bertz CT molecular complexity index is 961. The molecule has 0 spiro atoms. The van der Waals surface area contributed by atoms with Crippen LogP contribution in [0.3, 0.4) is 0 Å². The molecule has 3 rings (SSSR count).